The van der Waals surface area contributed by atoms with E-state index < -0.39 is 0 Å². The van der Waals surface area contributed by atoms with Crippen LogP contribution in [-0.2, 0) is 6.42 Å². The molecule has 1 N–H and O–H groups in total. The molecule has 0 saturated carbocycles. The van der Waals surface area contributed by atoms with Crippen LogP contribution >= 0.6 is 22.6 Å². The van der Waals surface area contributed by atoms with E-state index in [2.05, 4.69) is 43.0 Å². The summed E-state index contributed by atoms with van der Waals surface area (Å²) in [6.07, 6.45) is 3.79. The van der Waals surface area contributed by atoms with Crippen molar-refractivity contribution in [3.63, 3.8) is 0 Å². The third-order valence-electron chi connectivity index (χ3n) is 4.08. The fourth-order valence-electron chi connectivity index (χ4n) is 2.72. The number of anilines is 1. The molecule has 0 radical (unpaired) electrons. The summed E-state index contributed by atoms with van der Waals surface area (Å²) < 4.78 is 6.39. The van der Waals surface area contributed by atoms with E-state index in [9.17, 15) is 4.79 Å². The monoisotopic (exact) mass is 482 g/mol. The van der Waals surface area contributed by atoms with Crippen LogP contribution in [0.4, 0.5) is 5.69 Å². The topological polar surface area (TPSA) is 80.9 Å². The van der Waals surface area contributed by atoms with Gasteiger partial charge in [-0.3, -0.25) is 9.78 Å². The van der Waals surface area contributed by atoms with Crippen LogP contribution in [0, 0.1) is 3.57 Å². The molecule has 2 aromatic heterocycles. The van der Waals surface area contributed by atoms with Gasteiger partial charge in [0.15, 0.2) is 0 Å². The average molecular weight is 482 g/mol. The zero-order valence-corrected chi connectivity index (χ0v) is 16.8. The Bertz CT molecular complexity index is 1110. The Balaban J connectivity index is 1.54. The van der Waals surface area contributed by atoms with Crippen LogP contribution in [0.3, 0.4) is 0 Å². The number of amides is 1. The predicted molar refractivity (Wildman–Crippen MR) is 114 cm³/mol. The minimum Gasteiger partial charge on any atom is -0.339 e. The number of rotatable bonds is 5. The summed E-state index contributed by atoms with van der Waals surface area (Å²) in [5.74, 6) is 0.797. The van der Waals surface area contributed by atoms with Gasteiger partial charge in [0.05, 0.1) is 6.42 Å². The highest BCUT2D eigenvalue weighted by molar-refractivity contribution is 14.1. The SMILES string of the molecule is O=C(Nc1ccccc1Cc1nc(-c2cccnc2)no1)c1cccc(I)c1. The van der Waals surface area contributed by atoms with Gasteiger partial charge >= 0.3 is 0 Å². The van der Waals surface area contributed by atoms with Crippen molar-refractivity contribution < 1.29 is 9.32 Å². The number of aromatic nitrogens is 3. The van der Waals surface area contributed by atoms with E-state index in [0.717, 1.165) is 14.7 Å². The molecular weight excluding hydrogens is 467 g/mol. The number of pyridine rings is 1. The minimum absolute atomic E-state index is 0.160. The molecule has 4 aromatic rings. The second-order valence-electron chi connectivity index (χ2n) is 6.05. The van der Waals surface area contributed by atoms with Crippen LogP contribution in [0.15, 0.2) is 77.6 Å². The summed E-state index contributed by atoms with van der Waals surface area (Å²) in [6.45, 7) is 0. The molecule has 138 valence electrons. The molecule has 2 heterocycles. The number of nitrogens with zero attached hydrogens (tertiary/aromatic N) is 3. The highest BCUT2D eigenvalue weighted by atomic mass is 127. The third-order valence-corrected chi connectivity index (χ3v) is 4.75. The lowest BCUT2D eigenvalue weighted by molar-refractivity contribution is 0.102. The Morgan fingerprint density at radius 1 is 1.07 bits per heavy atom. The van der Waals surface area contributed by atoms with Crippen molar-refractivity contribution in [1.29, 1.82) is 0 Å². The maximum atomic E-state index is 12.6. The molecule has 28 heavy (non-hydrogen) atoms. The fraction of sp³-hybridized carbons (Fsp3) is 0.0476. The van der Waals surface area contributed by atoms with Crippen LogP contribution in [0.2, 0.25) is 0 Å². The summed E-state index contributed by atoms with van der Waals surface area (Å²) in [7, 11) is 0. The van der Waals surface area contributed by atoms with E-state index in [0.29, 0.717) is 29.4 Å². The maximum Gasteiger partial charge on any atom is 0.255 e. The fourth-order valence-corrected chi connectivity index (χ4v) is 3.27. The predicted octanol–water partition coefficient (Wildman–Crippen LogP) is 4.58. The molecule has 0 unspecified atom stereocenters. The van der Waals surface area contributed by atoms with Gasteiger partial charge in [-0.05, 0) is 64.6 Å². The van der Waals surface area contributed by atoms with E-state index in [1.807, 2.05) is 54.6 Å². The normalized spacial score (nSPS) is 10.6. The zero-order valence-electron chi connectivity index (χ0n) is 14.7. The molecule has 0 spiro atoms. The summed E-state index contributed by atoms with van der Waals surface area (Å²) in [5.41, 5.74) is 3.01. The van der Waals surface area contributed by atoms with E-state index in [4.69, 9.17) is 4.52 Å². The summed E-state index contributed by atoms with van der Waals surface area (Å²) in [6, 6.07) is 18.7. The first-order chi connectivity index (χ1) is 13.7. The molecule has 0 saturated heterocycles. The number of para-hydroxylation sites is 1. The standard InChI is InChI=1S/C21H15IN4O2/c22-17-8-3-6-15(11-17)21(27)24-18-9-2-1-5-14(18)12-19-25-20(26-28-19)16-7-4-10-23-13-16/h1-11,13H,12H2,(H,24,27). The summed E-state index contributed by atoms with van der Waals surface area (Å²) in [5, 5.41) is 6.99. The van der Waals surface area contributed by atoms with Crippen LogP contribution in [0.1, 0.15) is 21.8 Å². The van der Waals surface area contributed by atoms with Crippen LogP contribution < -0.4 is 5.32 Å². The highest BCUT2D eigenvalue weighted by Gasteiger charge is 2.13. The maximum absolute atomic E-state index is 12.6. The Morgan fingerprint density at radius 2 is 1.96 bits per heavy atom. The Hall–Kier alpha value is -3.07. The summed E-state index contributed by atoms with van der Waals surface area (Å²) >= 11 is 2.19. The average Bonchev–Trinajstić information content (AvgIpc) is 3.19. The molecule has 2 aromatic carbocycles. The van der Waals surface area contributed by atoms with E-state index >= 15 is 0 Å². The van der Waals surface area contributed by atoms with Gasteiger partial charge in [0.1, 0.15) is 0 Å². The van der Waals surface area contributed by atoms with E-state index in [1.54, 1.807) is 18.5 Å². The van der Waals surface area contributed by atoms with Crippen LogP contribution in [-0.4, -0.2) is 21.0 Å². The van der Waals surface area contributed by atoms with Gasteiger partial charge in [-0.15, -0.1) is 0 Å². The molecule has 0 aliphatic rings. The number of hydrogen-bond donors (Lipinski definition) is 1. The highest BCUT2D eigenvalue weighted by Crippen LogP contribution is 2.21. The molecule has 0 fully saturated rings. The molecular formula is C21H15IN4O2. The van der Waals surface area contributed by atoms with Crippen LogP contribution in [0.5, 0.6) is 0 Å². The quantitative estimate of drug-likeness (QED) is 0.422. The molecule has 7 heteroatoms. The Morgan fingerprint density at radius 3 is 2.79 bits per heavy atom. The largest absolute Gasteiger partial charge is 0.339 e. The molecule has 0 aliphatic carbocycles. The van der Waals surface area contributed by atoms with Gasteiger partial charge in [-0.1, -0.05) is 29.4 Å². The smallest absolute Gasteiger partial charge is 0.255 e. The number of nitrogens with one attached hydrogen (secondary N) is 1. The van der Waals surface area contributed by atoms with Crippen molar-refractivity contribution in [2.45, 2.75) is 6.42 Å². The number of halogens is 1. The molecule has 1 amide bonds. The Kier molecular flexibility index (Phi) is 5.43. The molecule has 4 rings (SSSR count). The van der Waals surface area contributed by atoms with Crippen molar-refractivity contribution in [1.82, 2.24) is 15.1 Å². The van der Waals surface area contributed by atoms with Crippen LogP contribution in [0.25, 0.3) is 11.4 Å². The lowest BCUT2D eigenvalue weighted by atomic mass is 10.1. The van der Waals surface area contributed by atoms with Gasteiger partial charge in [0.2, 0.25) is 11.7 Å². The van der Waals surface area contributed by atoms with Gasteiger partial charge in [0, 0.05) is 32.8 Å². The van der Waals surface area contributed by atoms with Gasteiger partial charge in [-0.2, -0.15) is 4.98 Å². The van der Waals surface area contributed by atoms with Crippen molar-refractivity contribution >= 4 is 34.2 Å². The second-order valence-corrected chi connectivity index (χ2v) is 7.30. The first-order valence-electron chi connectivity index (χ1n) is 8.57. The number of carbonyl (C=O) groups excluding carboxylic acids is 1. The first-order valence-corrected chi connectivity index (χ1v) is 9.65. The third kappa shape index (κ3) is 4.25. The van der Waals surface area contributed by atoms with Crippen molar-refractivity contribution in [2.75, 3.05) is 5.32 Å². The molecule has 6 nitrogen and oxygen atoms in total. The molecule has 0 atom stereocenters. The lowest BCUT2D eigenvalue weighted by Crippen LogP contribution is -2.13. The van der Waals surface area contributed by atoms with Crippen molar-refractivity contribution in [3.05, 3.63) is 93.6 Å². The van der Waals surface area contributed by atoms with E-state index in [1.165, 1.54) is 0 Å². The van der Waals surface area contributed by atoms with Gasteiger partial charge < -0.3 is 9.84 Å². The number of hydrogen-bond acceptors (Lipinski definition) is 5. The van der Waals surface area contributed by atoms with Crippen molar-refractivity contribution in [3.8, 4) is 11.4 Å². The Labute approximate surface area is 175 Å². The molecule has 0 bridgehead atoms. The lowest BCUT2D eigenvalue weighted by Gasteiger charge is -2.10. The van der Waals surface area contributed by atoms with E-state index in [-0.39, 0.29) is 5.91 Å². The van der Waals surface area contributed by atoms with Crippen molar-refractivity contribution in [2.24, 2.45) is 0 Å². The zero-order chi connectivity index (χ0) is 19.3. The van der Waals surface area contributed by atoms with Gasteiger partial charge in [-0.25, -0.2) is 0 Å². The minimum atomic E-state index is -0.160. The first kappa shape index (κ1) is 18.3. The number of carbonyl (C=O) groups is 1. The summed E-state index contributed by atoms with van der Waals surface area (Å²) in [4.78, 5) is 21.1. The number of benzene rings is 2. The van der Waals surface area contributed by atoms with Gasteiger partial charge in [0.25, 0.3) is 5.91 Å². The second kappa shape index (κ2) is 8.30. The molecule has 0 aliphatic heterocycles.